The van der Waals surface area contributed by atoms with Gasteiger partial charge in [-0.05, 0) is 52.0 Å². The van der Waals surface area contributed by atoms with Crippen molar-refractivity contribution in [2.24, 2.45) is 5.73 Å². The molecule has 0 aromatic rings. The molecule has 0 spiro atoms. The standard InChI is InChI=1S/C24H45N5O10/c1-15(30)29-20-22(37-18(4)33)21(36-17(3)32)19(14-35-16(2)31)38-23(20)39-24(34)28-13-7-12-27-11-6-10-26-9-5-8-25/h19-24,26-28,34H,5-14,25H2,1-4H3,(H,29,30)/t19?,20?,21-,22+,23-,24?/m0/s1. The van der Waals surface area contributed by atoms with Gasteiger partial charge in [0.15, 0.2) is 18.5 Å². The number of aliphatic hydroxyl groups excluding tert-OH is 1. The first-order valence-corrected chi connectivity index (χ1v) is 13.1. The molecule has 1 saturated heterocycles. The van der Waals surface area contributed by atoms with E-state index in [0.717, 1.165) is 46.3 Å². The van der Waals surface area contributed by atoms with Gasteiger partial charge in [0.05, 0.1) is 0 Å². The molecule has 39 heavy (non-hydrogen) atoms. The summed E-state index contributed by atoms with van der Waals surface area (Å²) in [5.74, 6) is -2.58. The maximum atomic E-state index is 12.0. The van der Waals surface area contributed by atoms with E-state index in [1.54, 1.807) is 0 Å². The van der Waals surface area contributed by atoms with Crippen molar-refractivity contribution >= 4 is 23.8 Å². The molecule has 1 rings (SSSR count). The molecule has 0 radical (unpaired) electrons. The molecule has 0 aromatic heterocycles. The van der Waals surface area contributed by atoms with Crippen LogP contribution in [0.1, 0.15) is 47.0 Å². The minimum atomic E-state index is -1.52. The van der Waals surface area contributed by atoms with Gasteiger partial charge in [-0.1, -0.05) is 0 Å². The zero-order chi connectivity index (χ0) is 29.2. The molecule has 1 fully saturated rings. The van der Waals surface area contributed by atoms with Crippen LogP contribution in [0.4, 0.5) is 0 Å². The van der Waals surface area contributed by atoms with E-state index in [-0.39, 0.29) is 6.61 Å². The number of ether oxygens (including phenoxy) is 5. The van der Waals surface area contributed by atoms with Crippen molar-refractivity contribution in [3.05, 3.63) is 0 Å². The Morgan fingerprint density at radius 2 is 1.41 bits per heavy atom. The lowest BCUT2D eigenvalue weighted by Crippen LogP contribution is -2.67. The molecule has 226 valence electrons. The van der Waals surface area contributed by atoms with Crippen LogP contribution in [0.2, 0.25) is 0 Å². The summed E-state index contributed by atoms with van der Waals surface area (Å²) in [5, 5.41) is 22.4. The highest BCUT2D eigenvalue weighted by molar-refractivity contribution is 5.73. The highest BCUT2D eigenvalue weighted by Crippen LogP contribution is 2.28. The van der Waals surface area contributed by atoms with E-state index < -0.39 is 60.9 Å². The third-order valence-electron chi connectivity index (χ3n) is 5.45. The predicted octanol–water partition coefficient (Wildman–Crippen LogP) is -2.17. The number of hydrogen-bond acceptors (Lipinski definition) is 14. The lowest BCUT2D eigenvalue weighted by molar-refractivity contribution is -0.313. The van der Waals surface area contributed by atoms with E-state index in [2.05, 4.69) is 21.3 Å². The van der Waals surface area contributed by atoms with Crippen molar-refractivity contribution in [1.82, 2.24) is 21.3 Å². The van der Waals surface area contributed by atoms with Gasteiger partial charge in [-0.15, -0.1) is 0 Å². The normalized spacial score (nSPS) is 23.5. The Balaban J connectivity index is 2.75. The second-order valence-electron chi connectivity index (χ2n) is 9.01. The summed E-state index contributed by atoms with van der Waals surface area (Å²) in [4.78, 5) is 47.0. The lowest BCUT2D eigenvalue weighted by atomic mass is 9.96. The number of carbonyl (C=O) groups excluding carboxylic acids is 4. The number of amides is 1. The van der Waals surface area contributed by atoms with Gasteiger partial charge < -0.3 is 50.5 Å². The molecule has 15 nitrogen and oxygen atoms in total. The molecule has 1 heterocycles. The molecule has 0 aliphatic carbocycles. The van der Waals surface area contributed by atoms with Gasteiger partial charge in [-0.25, -0.2) is 0 Å². The Morgan fingerprint density at radius 3 is 1.95 bits per heavy atom. The summed E-state index contributed by atoms with van der Waals surface area (Å²) < 4.78 is 27.2. The first-order valence-electron chi connectivity index (χ1n) is 13.1. The summed E-state index contributed by atoms with van der Waals surface area (Å²) in [6, 6.07) is -1.17. The lowest BCUT2D eigenvalue weighted by Gasteiger charge is -2.45. The molecule has 1 aliphatic rings. The van der Waals surface area contributed by atoms with Crippen LogP contribution in [0.5, 0.6) is 0 Å². The van der Waals surface area contributed by atoms with Gasteiger partial charge in [-0.2, -0.15) is 0 Å². The molecule has 6 atom stereocenters. The van der Waals surface area contributed by atoms with Gasteiger partial charge in [0.1, 0.15) is 18.8 Å². The molecule has 0 saturated carbocycles. The highest BCUT2D eigenvalue weighted by Gasteiger charge is 2.51. The van der Waals surface area contributed by atoms with Crippen molar-refractivity contribution in [2.45, 2.75) is 84.0 Å². The number of nitrogens with one attached hydrogen (secondary N) is 4. The van der Waals surface area contributed by atoms with E-state index in [9.17, 15) is 24.3 Å². The molecule has 1 amide bonds. The van der Waals surface area contributed by atoms with E-state index in [1.165, 1.54) is 13.8 Å². The van der Waals surface area contributed by atoms with Crippen LogP contribution < -0.4 is 27.0 Å². The van der Waals surface area contributed by atoms with Crippen molar-refractivity contribution in [1.29, 1.82) is 0 Å². The second-order valence-corrected chi connectivity index (χ2v) is 9.01. The molecule has 1 aliphatic heterocycles. The Morgan fingerprint density at radius 1 is 0.846 bits per heavy atom. The monoisotopic (exact) mass is 563 g/mol. The first kappa shape index (κ1) is 34.6. The first-order chi connectivity index (χ1) is 18.5. The smallest absolute Gasteiger partial charge is 0.303 e. The summed E-state index contributed by atoms with van der Waals surface area (Å²) >= 11 is 0. The number of rotatable bonds is 19. The SMILES string of the molecule is CC(=O)NC1[C@H](OC(O)NCCCNCCCNCCCN)OC(COC(C)=O)[C@H](OC(C)=O)[C@@H]1OC(C)=O. The van der Waals surface area contributed by atoms with Crippen LogP contribution >= 0.6 is 0 Å². The Bertz CT molecular complexity index is 759. The van der Waals surface area contributed by atoms with E-state index in [0.29, 0.717) is 26.1 Å². The van der Waals surface area contributed by atoms with Crippen LogP contribution in [0, 0.1) is 0 Å². The second kappa shape index (κ2) is 19.6. The molecule has 15 heteroatoms. The Kier molecular flexibility index (Phi) is 17.4. The molecule has 7 N–H and O–H groups in total. The van der Waals surface area contributed by atoms with Crippen molar-refractivity contribution in [3.63, 3.8) is 0 Å². The van der Waals surface area contributed by atoms with E-state index in [1.807, 2.05) is 0 Å². The third-order valence-corrected chi connectivity index (χ3v) is 5.45. The average molecular weight is 564 g/mol. The van der Waals surface area contributed by atoms with Gasteiger partial charge in [-0.3, -0.25) is 24.5 Å². The van der Waals surface area contributed by atoms with Crippen molar-refractivity contribution in [2.75, 3.05) is 45.9 Å². The molecular formula is C24H45N5O10. The number of esters is 3. The fourth-order valence-corrected chi connectivity index (χ4v) is 3.84. The maximum Gasteiger partial charge on any atom is 0.303 e. The van der Waals surface area contributed by atoms with Gasteiger partial charge in [0.2, 0.25) is 12.3 Å². The summed E-state index contributed by atoms with van der Waals surface area (Å²) in [7, 11) is 0. The van der Waals surface area contributed by atoms with Gasteiger partial charge in [0.25, 0.3) is 0 Å². The van der Waals surface area contributed by atoms with Gasteiger partial charge >= 0.3 is 17.9 Å². The molecular weight excluding hydrogens is 518 g/mol. The number of hydrogen-bond donors (Lipinski definition) is 6. The van der Waals surface area contributed by atoms with Crippen LogP contribution in [-0.2, 0) is 42.9 Å². The fourth-order valence-electron chi connectivity index (χ4n) is 3.84. The highest BCUT2D eigenvalue weighted by atomic mass is 16.8. The summed E-state index contributed by atoms with van der Waals surface area (Å²) in [6.45, 7) is 8.75. The minimum absolute atomic E-state index is 0.366. The van der Waals surface area contributed by atoms with Crippen LogP contribution in [0.3, 0.4) is 0 Å². The molecule has 0 aromatic carbocycles. The quantitative estimate of drug-likeness (QED) is 0.0428. The zero-order valence-electron chi connectivity index (χ0n) is 23.2. The Labute approximate surface area is 229 Å². The average Bonchev–Trinajstić information content (AvgIpc) is 2.84. The zero-order valence-corrected chi connectivity index (χ0v) is 23.2. The topological polar surface area (TPSA) is 209 Å². The minimum Gasteiger partial charge on any atom is -0.463 e. The predicted molar refractivity (Wildman–Crippen MR) is 138 cm³/mol. The number of carbonyl (C=O) groups is 4. The van der Waals surface area contributed by atoms with Crippen LogP contribution in [0.25, 0.3) is 0 Å². The van der Waals surface area contributed by atoms with Gasteiger partial charge in [0, 0.05) is 34.2 Å². The fraction of sp³-hybridized carbons (Fsp3) is 0.833. The Hall–Kier alpha value is -2.40. The molecule has 3 unspecified atom stereocenters. The van der Waals surface area contributed by atoms with Crippen molar-refractivity contribution < 1.29 is 48.0 Å². The largest absolute Gasteiger partial charge is 0.463 e. The molecule has 0 bridgehead atoms. The van der Waals surface area contributed by atoms with Crippen molar-refractivity contribution in [3.8, 4) is 0 Å². The number of aliphatic hydroxyl groups is 1. The summed E-state index contributed by atoms with van der Waals surface area (Å²) in [5.41, 5.74) is 5.45. The number of nitrogens with two attached hydrogens (primary N) is 1. The van der Waals surface area contributed by atoms with E-state index in [4.69, 9.17) is 29.4 Å². The van der Waals surface area contributed by atoms with Crippen LogP contribution in [0.15, 0.2) is 0 Å². The third kappa shape index (κ3) is 15.1. The van der Waals surface area contributed by atoms with E-state index >= 15 is 0 Å². The van der Waals surface area contributed by atoms with Crippen LogP contribution in [-0.4, -0.2) is 112 Å². The maximum absolute atomic E-state index is 12.0. The summed E-state index contributed by atoms with van der Waals surface area (Å²) in [6.07, 6.45) is -3.91.